The van der Waals surface area contributed by atoms with Crippen molar-refractivity contribution in [3.05, 3.63) is 29.3 Å². The van der Waals surface area contributed by atoms with E-state index in [1.165, 1.54) is 0 Å². The number of carbonyl (C=O) groups excluding carboxylic acids is 1. The summed E-state index contributed by atoms with van der Waals surface area (Å²) in [4.78, 5) is 24.7. The fourth-order valence-corrected chi connectivity index (χ4v) is 3.02. The van der Waals surface area contributed by atoms with Gasteiger partial charge in [-0.25, -0.2) is 5.43 Å². The van der Waals surface area contributed by atoms with Crippen molar-refractivity contribution >= 4 is 17.6 Å². The number of likely N-dealkylation sites (N-methyl/N-ethyl adjacent to an activating group) is 1. The normalized spacial score (nSPS) is 28.8. The summed E-state index contributed by atoms with van der Waals surface area (Å²) in [6.07, 6.45) is 0.382. The number of carboxylic acid groups (broad SMARTS) is 1. The van der Waals surface area contributed by atoms with E-state index >= 15 is 0 Å². The molecule has 1 saturated heterocycles. The third-order valence-corrected chi connectivity index (χ3v) is 4.19. The Kier molecular flexibility index (Phi) is 2.99. The number of benzene rings is 1. The monoisotopic (exact) mass is 275 g/mol. The molecule has 3 atom stereocenters. The Morgan fingerprint density at radius 2 is 2.15 bits per heavy atom. The number of hydrogen-bond acceptors (Lipinski definition) is 4. The highest BCUT2D eigenvalue weighted by Gasteiger charge is 2.40. The summed E-state index contributed by atoms with van der Waals surface area (Å²) in [5.74, 6) is -1.28. The van der Waals surface area contributed by atoms with Crippen molar-refractivity contribution in [2.45, 2.75) is 25.4 Å². The Bertz CT molecular complexity index is 587. The molecular weight excluding hydrogens is 258 g/mol. The lowest BCUT2D eigenvalue weighted by atomic mass is 9.89. The van der Waals surface area contributed by atoms with E-state index < -0.39 is 11.9 Å². The van der Waals surface area contributed by atoms with Gasteiger partial charge in [0.1, 0.15) is 0 Å². The van der Waals surface area contributed by atoms with E-state index in [-0.39, 0.29) is 18.0 Å². The molecule has 0 spiro atoms. The number of hydrazine groups is 1. The number of amides is 1. The number of carboxylic acids is 1. The lowest BCUT2D eigenvalue weighted by molar-refractivity contribution is -0.142. The average Bonchev–Trinajstić information content (AvgIpc) is 2.91. The third kappa shape index (κ3) is 1.88. The first-order valence-corrected chi connectivity index (χ1v) is 6.62. The molecule has 0 saturated carbocycles. The van der Waals surface area contributed by atoms with Gasteiger partial charge in [0.05, 0.1) is 18.4 Å². The fourth-order valence-electron chi connectivity index (χ4n) is 3.02. The minimum atomic E-state index is -0.825. The predicted octanol–water partition coefficient (Wildman–Crippen LogP) is 0.444. The van der Waals surface area contributed by atoms with Crippen LogP contribution in [-0.4, -0.2) is 30.1 Å². The summed E-state index contributed by atoms with van der Waals surface area (Å²) in [6.45, 7) is 1.84. The number of hydrogen-bond donors (Lipinski definition) is 3. The van der Waals surface area contributed by atoms with Crippen LogP contribution >= 0.6 is 0 Å². The molecule has 0 radical (unpaired) electrons. The van der Waals surface area contributed by atoms with E-state index in [1.54, 1.807) is 11.9 Å². The zero-order valence-electron chi connectivity index (χ0n) is 11.4. The molecule has 0 aliphatic carbocycles. The van der Waals surface area contributed by atoms with E-state index in [0.717, 1.165) is 16.8 Å². The van der Waals surface area contributed by atoms with Crippen molar-refractivity contribution in [3.8, 4) is 0 Å². The highest BCUT2D eigenvalue weighted by atomic mass is 16.4. The van der Waals surface area contributed by atoms with E-state index in [0.29, 0.717) is 6.42 Å². The average molecular weight is 275 g/mol. The SMILES string of the molecule is CC1NNC(c2ccc3c(c2)CC(=O)N3C)C1C(=O)O. The Morgan fingerprint density at radius 1 is 1.40 bits per heavy atom. The minimum absolute atomic E-state index is 0.0674. The zero-order valence-corrected chi connectivity index (χ0v) is 11.4. The summed E-state index contributed by atoms with van der Waals surface area (Å²) in [5, 5.41) is 9.35. The molecule has 2 aliphatic rings. The molecule has 106 valence electrons. The van der Waals surface area contributed by atoms with E-state index in [2.05, 4.69) is 10.9 Å². The molecule has 3 rings (SSSR count). The maximum atomic E-state index is 11.7. The number of nitrogens with one attached hydrogen (secondary N) is 2. The van der Waals surface area contributed by atoms with Gasteiger partial charge in [-0.2, -0.15) is 0 Å². The van der Waals surface area contributed by atoms with E-state index in [4.69, 9.17) is 0 Å². The molecule has 0 bridgehead atoms. The van der Waals surface area contributed by atoms with Crippen LogP contribution in [0.4, 0.5) is 5.69 Å². The zero-order chi connectivity index (χ0) is 14.4. The number of aliphatic carboxylic acids is 1. The molecule has 2 aliphatic heterocycles. The van der Waals surface area contributed by atoms with Gasteiger partial charge in [-0.1, -0.05) is 12.1 Å². The van der Waals surface area contributed by atoms with Crippen molar-refractivity contribution in [2.75, 3.05) is 11.9 Å². The molecule has 1 amide bonds. The van der Waals surface area contributed by atoms with Gasteiger partial charge in [-0.05, 0) is 24.1 Å². The van der Waals surface area contributed by atoms with Crippen LogP contribution in [0.3, 0.4) is 0 Å². The topological polar surface area (TPSA) is 81.7 Å². The molecule has 6 heteroatoms. The standard InChI is InChI=1S/C14H17N3O3/c1-7-12(14(19)20)13(16-15-7)8-3-4-10-9(5-8)6-11(18)17(10)2/h3-5,7,12-13,15-16H,6H2,1-2H3,(H,19,20). The van der Waals surface area contributed by atoms with E-state index in [9.17, 15) is 14.7 Å². The molecule has 1 fully saturated rings. The summed E-state index contributed by atoms with van der Waals surface area (Å²) in [6, 6.07) is 5.29. The van der Waals surface area contributed by atoms with Gasteiger partial charge >= 0.3 is 5.97 Å². The first-order chi connectivity index (χ1) is 9.49. The quantitative estimate of drug-likeness (QED) is 0.730. The lowest BCUT2D eigenvalue weighted by Gasteiger charge is -2.18. The van der Waals surface area contributed by atoms with Crippen molar-refractivity contribution in [1.29, 1.82) is 0 Å². The van der Waals surface area contributed by atoms with Crippen LogP contribution in [-0.2, 0) is 16.0 Å². The predicted molar refractivity (Wildman–Crippen MR) is 73.2 cm³/mol. The highest BCUT2D eigenvalue weighted by molar-refractivity contribution is 6.00. The van der Waals surface area contributed by atoms with Gasteiger partial charge in [0.15, 0.2) is 0 Å². The van der Waals surface area contributed by atoms with Crippen molar-refractivity contribution < 1.29 is 14.7 Å². The number of anilines is 1. The Balaban J connectivity index is 1.95. The molecule has 3 N–H and O–H groups in total. The first-order valence-electron chi connectivity index (χ1n) is 6.62. The lowest BCUT2D eigenvalue weighted by Crippen LogP contribution is -2.30. The van der Waals surface area contributed by atoms with Crippen LogP contribution in [0.15, 0.2) is 18.2 Å². The van der Waals surface area contributed by atoms with Gasteiger partial charge < -0.3 is 10.0 Å². The second kappa shape index (κ2) is 4.57. The first kappa shape index (κ1) is 13.1. The van der Waals surface area contributed by atoms with Crippen LogP contribution in [0.25, 0.3) is 0 Å². The van der Waals surface area contributed by atoms with Crippen molar-refractivity contribution in [2.24, 2.45) is 5.92 Å². The summed E-state index contributed by atoms with van der Waals surface area (Å²) in [5.41, 5.74) is 8.78. The number of rotatable bonds is 2. The van der Waals surface area contributed by atoms with Crippen molar-refractivity contribution in [3.63, 3.8) is 0 Å². The maximum absolute atomic E-state index is 11.7. The van der Waals surface area contributed by atoms with E-state index in [1.807, 2.05) is 25.1 Å². The summed E-state index contributed by atoms with van der Waals surface area (Å²) < 4.78 is 0. The Morgan fingerprint density at radius 3 is 2.85 bits per heavy atom. The van der Waals surface area contributed by atoms with Crippen molar-refractivity contribution in [1.82, 2.24) is 10.9 Å². The number of nitrogens with zero attached hydrogens (tertiary/aromatic N) is 1. The van der Waals surface area contributed by atoms with Gasteiger partial charge in [0.2, 0.25) is 5.91 Å². The number of fused-ring (bicyclic) bond motifs is 1. The third-order valence-electron chi connectivity index (χ3n) is 4.19. The molecule has 20 heavy (non-hydrogen) atoms. The second-order valence-corrected chi connectivity index (χ2v) is 5.44. The molecule has 3 unspecified atom stereocenters. The number of carbonyl (C=O) groups is 2. The smallest absolute Gasteiger partial charge is 0.310 e. The summed E-state index contributed by atoms with van der Waals surface area (Å²) in [7, 11) is 1.76. The largest absolute Gasteiger partial charge is 0.481 e. The minimum Gasteiger partial charge on any atom is -0.481 e. The maximum Gasteiger partial charge on any atom is 0.310 e. The van der Waals surface area contributed by atoms with Gasteiger partial charge in [-0.15, -0.1) is 0 Å². The molecule has 6 nitrogen and oxygen atoms in total. The van der Waals surface area contributed by atoms with Crippen LogP contribution in [0, 0.1) is 5.92 Å². The van der Waals surface area contributed by atoms with Gasteiger partial charge in [0.25, 0.3) is 0 Å². The van der Waals surface area contributed by atoms with Crippen LogP contribution in [0.1, 0.15) is 24.1 Å². The summed E-state index contributed by atoms with van der Waals surface area (Å²) >= 11 is 0. The molecule has 1 aromatic rings. The van der Waals surface area contributed by atoms with Crippen LogP contribution in [0.2, 0.25) is 0 Å². The Labute approximate surface area is 116 Å². The van der Waals surface area contributed by atoms with Crippen LogP contribution < -0.4 is 15.8 Å². The van der Waals surface area contributed by atoms with Gasteiger partial charge in [0, 0.05) is 18.8 Å². The molecule has 0 aromatic heterocycles. The second-order valence-electron chi connectivity index (χ2n) is 5.44. The molecule has 1 aromatic carbocycles. The van der Waals surface area contributed by atoms with Gasteiger partial charge in [-0.3, -0.25) is 15.0 Å². The Hall–Kier alpha value is -1.92. The molecular formula is C14H17N3O3. The van der Waals surface area contributed by atoms with Crippen LogP contribution in [0.5, 0.6) is 0 Å². The molecule has 2 heterocycles. The fraction of sp³-hybridized carbons (Fsp3) is 0.429. The highest BCUT2D eigenvalue weighted by Crippen LogP contribution is 2.34.